The highest BCUT2D eigenvalue weighted by atomic mass is 32.2. The molecule has 0 aliphatic carbocycles. The summed E-state index contributed by atoms with van der Waals surface area (Å²) in [7, 11) is 0. The Morgan fingerprint density at radius 3 is 2.53 bits per heavy atom. The van der Waals surface area contributed by atoms with E-state index in [2.05, 4.69) is 23.2 Å². The summed E-state index contributed by atoms with van der Waals surface area (Å²) in [6.45, 7) is 0.112. The van der Waals surface area contributed by atoms with Crippen molar-refractivity contribution in [1.29, 1.82) is 0 Å². The van der Waals surface area contributed by atoms with E-state index in [0.717, 1.165) is 17.7 Å². The second kappa shape index (κ2) is 6.42. The van der Waals surface area contributed by atoms with Crippen molar-refractivity contribution < 1.29 is 5.11 Å². The minimum atomic E-state index is 0.112. The molecule has 1 N–H and O–H groups in total. The number of benzene rings is 1. The molecule has 0 fully saturated rings. The third-order valence-electron chi connectivity index (χ3n) is 2.49. The molecule has 0 radical (unpaired) electrons. The number of thioether (sulfide) groups is 1. The number of hydrogen-bond acceptors (Lipinski definition) is 3. The molecule has 88 valence electrons. The van der Waals surface area contributed by atoms with Gasteiger partial charge in [-0.3, -0.25) is 4.98 Å². The number of aliphatic hydroxyl groups is 1. The van der Waals surface area contributed by atoms with Crippen LogP contribution in [0.4, 0.5) is 0 Å². The molecule has 0 bridgehead atoms. The Hall–Kier alpha value is -1.32. The normalized spacial score (nSPS) is 10.4. The molecular formula is C14H15NOS. The van der Waals surface area contributed by atoms with Gasteiger partial charge in [0.15, 0.2) is 0 Å². The molecule has 1 aromatic heterocycles. The lowest BCUT2D eigenvalue weighted by atomic mass is 10.2. The van der Waals surface area contributed by atoms with Gasteiger partial charge in [0.25, 0.3) is 0 Å². The van der Waals surface area contributed by atoms with Crippen molar-refractivity contribution >= 4 is 11.8 Å². The topological polar surface area (TPSA) is 33.1 Å². The Morgan fingerprint density at radius 2 is 1.88 bits per heavy atom. The third-order valence-corrected chi connectivity index (χ3v) is 3.50. The van der Waals surface area contributed by atoms with Crippen LogP contribution >= 0.6 is 11.8 Å². The molecule has 2 aromatic rings. The first kappa shape index (κ1) is 12.1. The van der Waals surface area contributed by atoms with Crippen LogP contribution in [0.2, 0.25) is 0 Å². The summed E-state index contributed by atoms with van der Waals surface area (Å²) in [4.78, 5) is 5.34. The smallest absolute Gasteiger partial charge is 0.0681 e. The van der Waals surface area contributed by atoms with Gasteiger partial charge in [-0.05, 0) is 35.7 Å². The predicted octanol–water partition coefficient (Wildman–Crippen LogP) is 2.91. The van der Waals surface area contributed by atoms with E-state index in [9.17, 15) is 0 Å². The molecule has 1 aromatic carbocycles. The number of hydrogen-bond donors (Lipinski definition) is 1. The Morgan fingerprint density at radius 1 is 1.06 bits per heavy atom. The quantitative estimate of drug-likeness (QED) is 0.822. The molecule has 17 heavy (non-hydrogen) atoms. The summed E-state index contributed by atoms with van der Waals surface area (Å²) in [6, 6.07) is 12.1. The molecule has 0 aliphatic rings. The van der Waals surface area contributed by atoms with Crippen LogP contribution < -0.4 is 0 Å². The molecule has 0 saturated carbocycles. The van der Waals surface area contributed by atoms with Crippen LogP contribution in [0, 0.1) is 0 Å². The van der Waals surface area contributed by atoms with Crippen molar-refractivity contribution in [2.45, 2.75) is 17.9 Å². The molecule has 2 rings (SSSR count). The van der Waals surface area contributed by atoms with E-state index in [1.807, 2.05) is 36.2 Å². The van der Waals surface area contributed by atoms with E-state index in [1.165, 1.54) is 10.5 Å². The zero-order valence-electron chi connectivity index (χ0n) is 9.54. The van der Waals surface area contributed by atoms with Crippen LogP contribution in [0.5, 0.6) is 0 Å². The van der Waals surface area contributed by atoms with Crippen LogP contribution in [0.3, 0.4) is 0 Å². The molecule has 1 heterocycles. The minimum Gasteiger partial charge on any atom is -0.392 e. The summed E-state index contributed by atoms with van der Waals surface area (Å²) >= 11 is 1.83. The Kier molecular flexibility index (Phi) is 4.59. The summed E-state index contributed by atoms with van der Waals surface area (Å²) in [5, 5.41) is 8.94. The van der Waals surface area contributed by atoms with Crippen molar-refractivity contribution in [2.75, 3.05) is 5.75 Å². The molecule has 0 amide bonds. The highest BCUT2D eigenvalue weighted by Gasteiger charge is 1.96. The lowest BCUT2D eigenvalue weighted by Crippen LogP contribution is -1.89. The van der Waals surface area contributed by atoms with Gasteiger partial charge in [-0.25, -0.2) is 0 Å². The molecule has 3 heteroatoms. The molecule has 2 nitrogen and oxygen atoms in total. The van der Waals surface area contributed by atoms with Gasteiger partial charge in [0, 0.05) is 23.0 Å². The maximum Gasteiger partial charge on any atom is 0.0681 e. The van der Waals surface area contributed by atoms with Crippen molar-refractivity contribution in [3.63, 3.8) is 0 Å². The fourth-order valence-electron chi connectivity index (χ4n) is 1.52. The largest absolute Gasteiger partial charge is 0.392 e. The molecule has 0 saturated heterocycles. The van der Waals surface area contributed by atoms with Crippen molar-refractivity contribution in [3.05, 3.63) is 59.9 Å². The van der Waals surface area contributed by atoms with Crippen LogP contribution in [0.1, 0.15) is 11.1 Å². The molecule has 0 aliphatic heterocycles. The number of rotatable bonds is 5. The number of aromatic nitrogens is 1. The maximum atomic E-state index is 8.94. The minimum absolute atomic E-state index is 0.112. The Labute approximate surface area is 106 Å². The second-order valence-corrected chi connectivity index (χ2v) is 4.93. The van der Waals surface area contributed by atoms with E-state index >= 15 is 0 Å². The average molecular weight is 245 g/mol. The van der Waals surface area contributed by atoms with E-state index in [0.29, 0.717) is 0 Å². The second-order valence-electron chi connectivity index (χ2n) is 3.76. The average Bonchev–Trinajstić information content (AvgIpc) is 2.41. The van der Waals surface area contributed by atoms with E-state index in [1.54, 1.807) is 6.20 Å². The van der Waals surface area contributed by atoms with Gasteiger partial charge in [0.1, 0.15) is 0 Å². The SMILES string of the molecule is OCc1ccc(SCCc2cccnc2)cc1. The van der Waals surface area contributed by atoms with Gasteiger partial charge in [-0.2, -0.15) is 0 Å². The maximum absolute atomic E-state index is 8.94. The van der Waals surface area contributed by atoms with Crippen molar-refractivity contribution in [3.8, 4) is 0 Å². The zero-order chi connectivity index (χ0) is 11.9. The fourth-order valence-corrected chi connectivity index (χ4v) is 2.43. The van der Waals surface area contributed by atoms with Crippen LogP contribution in [-0.4, -0.2) is 15.8 Å². The summed E-state index contributed by atoms with van der Waals surface area (Å²) in [6.07, 6.45) is 4.74. The van der Waals surface area contributed by atoms with Gasteiger partial charge in [0.2, 0.25) is 0 Å². The molecule has 0 spiro atoms. The van der Waals surface area contributed by atoms with E-state index in [-0.39, 0.29) is 6.61 Å². The lowest BCUT2D eigenvalue weighted by molar-refractivity contribution is 0.282. The van der Waals surface area contributed by atoms with Gasteiger partial charge < -0.3 is 5.11 Å². The first-order valence-electron chi connectivity index (χ1n) is 5.60. The number of aryl methyl sites for hydroxylation is 1. The summed E-state index contributed by atoms with van der Waals surface area (Å²) in [5.74, 6) is 1.05. The van der Waals surface area contributed by atoms with E-state index < -0.39 is 0 Å². The Bertz CT molecular complexity index is 442. The molecular weight excluding hydrogens is 230 g/mol. The first-order valence-corrected chi connectivity index (χ1v) is 6.58. The van der Waals surface area contributed by atoms with Gasteiger partial charge in [0.05, 0.1) is 6.61 Å². The van der Waals surface area contributed by atoms with Crippen LogP contribution in [0.25, 0.3) is 0 Å². The van der Waals surface area contributed by atoms with Gasteiger partial charge in [-0.15, -0.1) is 11.8 Å². The predicted molar refractivity (Wildman–Crippen MR) is 71.0 cm³/mol. The summed E-state index contributed by atoms with van der Waals surface area (Å²) in [5.41, 5.74) is 2.23. The standard InChI is InChI=1S/C14H15NOS/c16-11-13-3-5-14(6-4-13)17-9-7-12-2-1-8-15-10-12/h1-6,8,10,16H,7,9,11H2. The Balaban J connectivity index is 1.82. The van der Waals surface area contributed by atoms with Crippen molar-refractivity contribution in [2.24, 2.45) is 0 Å². The van der Waals surface area contributed by atoms with E-state index in [4.69, 9.17) is 5.11 Å². The van der Waals surface area contributed by atoms with Crippen molar-refractivity contribution in [1.82, 2.24) is 4.98 Å². The highest BCUT2D eigenvalue weighted by Crippen LogP contribution is 2.19. The number of pyridine rings is 1. The number of aliphatic hydroxyl groups excluding tert-OH is 1. The van der Waals surface area contributed by atoms with Gasteiger partial charge >= 0.3 is 0 Å². The monoisotopic (exact) mass is 245 g/mol. The first-order chi connectivity index (χ1) is 8.38. The van der Waals surface area contributed by atoms with Crippen LogP contribution in [-0.2, 0) is 13.0 Å². The fraction of sp³-hybridized carbons (Fsp3) is 0.214. The molecule has 0 atom stereocenters. The van der Waals surface area contributed by atoms with Crippen LogP contribution in [0.15, 0.2) is 53.7 Å². The van der Waals surface area contributed by atoms with Gasteiger partial charge in [-0.1, -0.05) is 18.2 Å². The summed E-state index contributed by atoms with van der Waals surface area (Å²) < 4.78 is 0. The third kappa shape index (κ3) is 3.88. The lowest BCUT2D eigenvalue weighted by Gasteiger charge is -2.03. The molecule has 0 unspecified atom stereocenters. The number of nitrogens with zero attached hydrogens (tertiary/aromatic N) is 1. The zero-order valence-corrected chi connectivity index (χ0v) is 10.4. The highest BCUT2D eigenvalue weighted by molar-refractivity contribution is 7.99.